The number of nitrogens with two attached hydrogens (primary N) is 1. The average molecular weight is 367 g/mol. The van der Waals surface area contributed by atoms with Gasteiger partial charge in [-0.3, -0.25) is 4.79 Å². The number of halogens is 2. The van der Waals surface area contributed by atoms with Crippen LogP contribution in [0.1, 0.15) is 18.9 Å². The molecule has 0 aromatic heterocycles. The summed E-state index contributed by atoms with van der Waals surface area (Å²) in [6.07, 6.45) is 1.17. The quantitative estimate of drug-likeness (QED) is 0.832. The highest BCUT2D eigenvalue weighted by Gasteiger charge is 2.28. The first-order valence-electron chi connectivity index (χ1n) is 7.68. The van der Waals surface area contributed by atoms with E-state index < -0.39 is 6.10 Å². The van der Waals surface area contributed by atoms with Crippen LogP contribution in [-0.4, -0.2) is 18.6 Å². The molecular weight excluding hydrogens is 347 g/mol. The molecule has 0 saturated carbocycles. The van der Waals surface area contributed by atoms with Crippen molar-refractivity contribution in [1.29, 1.82) is 0 Å². The van der Waals surface area contributed by atoms with E-state index in [1.165, 1.54) is 0 Å². The third-order valence-corrected chi connectivity index (χ3v) is 4.35. The number of para-hydroxylation sites is 1. The van der Waals surface area contributed by atoms with Crippen LogP contribution in [0.15, 0.2) is 42.5 Å². The lowest BCUT2D eigenvalue weighted by Gasteiger charge is -2.32. The molecule has 0 spiro atoms. The number of hydrogen-bond acceptors (Lipinski definition) is 3. The molecule has 0 radical (unpaired) electrons. The number of anilines is 2. The number of amides is 1. The lowest BCUT2D eigenvalue weighted by atomic mass is 9.99. The molecule has 2 aromatic carbocycles. The Bertz CT molecular complexity index is 737. The molecule has 4 nitrogen and oxygen atoms in total. The molecule has 1 unspecified atom stereocenters. The number of benzene rings is 2. The Hall–Kier alpha value is -1.91. The van der Waals surface area contributed by atoms with Crippen molar-refractivity contribution in [3.8, 4) is 5.75 Å². The summed E-state index contributed by atoms with van der Waals surface area (Å²) < 4.78 is 5.75. The molecule has 0 fully saturated rings. The number of hydrogen-bond donors (Lipinski definition) is 1. The Labute approximate surface area is 153 Å². The summed E-state index contributed by atoms with van der Waals surface area (Å²) in [7, 11) is 0. The van der Waals surface area contributed by atoms with Crippen LogP contribution in [0.4, 0.5) is 11.4 Å². The maximum absolute atomic E-state index is 12.8. The van der Waals surface area contributed by atoms with Crippen LogP contribution in [0.25, 0.3) is 0 Å². The van der Waals surface area contributed by atoms with Crippen LogP contribution in [0, 0.1) is 0 Å². The predicted molar refractivity (Wildman–Crippen MR) is 100 cm³/mol. The molecule has 0 saturated heterocycles. The molecule has 3 rings (SSSR count). The van der Waals surface area contributed by atoms with Crippen molar-refractivity contribution in [2.75, 3.05) is 17.2 Å². The van der Waals surface area contributed by atoms with Crippen molar-refractivity contribution in [1.82, 2.24) is 0 Å². The fourth-order valence-corrected chi connectivity index (χ4v) is 3.06. The number of ether oxygens (including phenoxy) is 1. The molecular formula is C18H20Cl2N2O2. The Balaban J connectivity index is 0.00000208. The maximum atomic E-state index is 12.8. The highest BCUT2D eigenvalue weighted by Crippen LogP contribution is 2.32. The maximum Gasteiger partial charge on any atom is 0.267 e. The molecule has 2 N–H and O–H groups in total. The van der Waals surface area contributed by atoms with Crippen molar-refractivity contribution < 1.29 is 9.53 Å². The lowest BCUT2D eigenvalue weighted by molar-refractivity contribution is -0.124. The minimum absolute atomic E-state index is 0. The summed E-state index contributed by atoms with van der Waals surface area (Å²) in [6, 6.07) is 12.8. The zero-order valence-corrected chi connectivity index (χ0v) is 14.9. The van der Waals surface area contributed by atoms with Crippen molar-refractivity contribution in [3.05, 3.63) is 53.1 Å². The summed E-state index contributed by atoms with van der Waals surface area (Å²) in [5, 5.41) is 0.496. The third kappa shape index (κ3) is 3.60. The second-order valence-corrected chi connectivity index (χ2v) is 6.04. The smallest absolute Gasteiger partial charge is 0.267 e. The first-order valence-corrected chi connectivity index (χ1v) is 8.05. The molecule has 1 heterocycles. The van der Waals surface area contributed by atoms with Gasteiger partial charge in [0.15, 0.2) is 6.10 Å². The van der Waals surface area contributed by atoms with Gasteiger partial charge in [0.05, 0.1) is 5.02 Å². The van der Waals surface area contributed by atoms with Crippen molar-refractivity contribution >= 4 is 41.3 Å². The summed E-state index contributed by atoms with van der Waals surface area (Å²) in [4.78, 5) is 14.6. The molecule has 1 aliphatic rings. The summed E-state index contributed by atoms with van der Waals surface area (Å²) in [5.74, 6) is 0.427. The van der Waals surface area contributed by atoms with E-state index in [0.29, 0.717) is 17.3 Å². The van der Waals surface area contributed by atoms with Gasteiger partial charge in [0.1, 0.15) is 5.75 Å². The number of nitrogen functional groups attached to an aromatic ring is 1. The van der Waals surface area contributed by atoms with Gasteiger partial charge in [-0.05, 0) is 49.6 Å². The van der Waals surface area contributed by atoms with Gasteiger partial charge in [0.25, 0.3) is 5.91 Å². The fourth-order valence-electron chi connectivity index (χ4n) is 2.88. The van der Waals surface area contributed by atoms with E-state index in [1.54, 1.807) is 24.0 Å². The number of fused-ring (bicyclic) bond motifs is 1. The van der Waals surface area contributed by atoms with Gasteiger partial charge in [-0.2, -0.15) is 0 Å². The van der Waals surface area contributed by atoms with Crippen LogP contribution >= 0.6 is 24.0 Å². The largest absolute Gasteiger partial charge is 0.479 e. The van der Waals surface area contributed by atoms with Crippen LogP contribution in [-0.2, 0) is 11.2 Å². The van der Waals surface area contributed by atoms with E-state index in [2.05, 4.69) is 0 Å². The topological polar surface area (TPSA) is 55.6 Å². The van der Waals surface area contributed by atoms with Gasteiger partial charge in [0.2, 0.25) is 0 Å². The van der Waals surface area contributed by atoms with Gasteiger partial charge in [-0.1, -0.05) is 29.8 Å². The number of nitrogens with zero attached hydrogens (tertiary/aromatic N) is 1. The standard InChI is InChI=1S/C18H19ClN2O2.ClH/c1-12(23-17-10-3-2-7-14(17)19)18(22)21-11-5-6-13-15(20)8-4-9-16(13)21;/h2-4,7-10,12H,5-6,11,20H2,1H3;1H. The summed E-state index contributed by atoms with van der Waals surface area (Å²) >= 11 is 6.09. The van der Waals surface area contributed by atoms with E-state index in [1.807, 2.05) is 30.3 Å². The Morgan fingerprint density at radius 2 is 2.00 bits per heavy atom. The van der Waals surface area contributed by atoms with Crippen LogP contribution in [0.3, 0.4) is 0 Å². The van der Waals surface area contributed by atoms with Crippen molar-refractivity contribution in [3.63, 3.8) is 0 Å². The molecule has 2 aromatic rings. The minimum atomic E-state index is -0.623. The lowest BCUT2D eigenvalue weighted by Crippen LogP contribution is -2.43. The average Bonchev–Trinajstić information content (AvgIpc) is 2.56. The number of carbonyl (C=O) groups excluding carboxylic acids is 1. The van der Waals surface area contributed by atoms with Crippen LogP contribution in [0.2, 0.25) is 5.02 Å². The summed E-state index contributed by atoms with van der Waals surface area (Å²) in [6.45, 7) is 2.41. The zero-order chi connectivity index (χ0) is 16.4. The van der Waals surface area contributed by atoms with E-state index in [-0.39, 0.29) is 18.3 Å². The Kier molecular flexibility index (Phi) is 5.97. The third-order valence-electron chi connectivity index (χ3n) is 4.04. The molecule has 0 bridgehead atoms. The minimum Gasteiger partial charge on any atom is -0.479 e. The fraction of sp³-hybridized carbons (Fsp3) is 0.278. The number of rotatable bonds is 3. The second kappa shape index (κ2) is 7.77. The van der Waals surface area contributed by atoms with Crippen LogP contribution < -0.4 is 15.4 Å². The van der Waals surface area contributed by atoms with E-state index in [4.69, 9.17) is 22.1 Å². The predicted octanol–water partition coefficient (Wildman–Crippen LogP) is 4.09. The van der Waals surface area contributed by atoms with E-state index >= 15 is 0 Å². The van der Waals surface area contributed by atoms with E-state index in [0.717, 1.165) is 29.8 Å². The van der Waals surface area contributed by atoms with E-state index in [9.17, 15) is 4.79 Å². The first kappa shape index (κ1) is 18.4. The molecule has 1 amide bonds. The SMILES string of the molecule is CC(Oc1ccccc1Cl)C(=O)N1CCCc2c(N)cccc21.Cl. The molecule has 128 valence electrons. The highest BCUT2D eigenvalue weighted by molar-refractivity contribution is 6.32. The first-order chi connectivity index (χ1) is 11.1. The van der Waals surface area contributed by atoms with Gasteiger partial charge in [0, 0.05) is 17.9 Å². The van der Waals surface area contributed by atoms with Gasteiger partial charge >= 0.3 is 0 Å². The molecule has 1 atom stereocenters. The Morgan fingerprint density at radius 1 is 1.25 bits per heavy atom. The zero-order valence-electron chi connectivity index (χ0n) is 13.4. The van der Waals surface area contributed by atoms with Gasteiger partial charge < -0.3 is 15.4 Å². The summed E-state index contributed by atoms with van der Waals surface area (Å²) in [5.41, 5.74) is 8.70. The molecule has 6 heteroatoms. The monoisotopic (exact) mass is 366 g/mol. The Morgan fingerprint density at radius 3 is 2.75 bits per heavy atom. The normalized spacial score (nSPS) is 14.3. The van der Waals surface area contributed by atoms with Crippen LogP contribution in [0.5, 0.6) is 5.75 Å². The van der Waals surface area contributed by atoms with Crippen molar-refractivity contribution in [2.24, 2.45) is 0 Å². The molecule has 24 heavy (non-hydrogen) atoms. The molecule has 1 aliphatic heterocycles. The highest BCUT2D eigenvalue weighted by atomic mass is 35.5. The molecule has 0 aliphatic carbocycles. The second-order valence-electron chi connectivity index (χ2n) is 5.63. The number of carbonyl (C=O) groups is 1. The van der Waals surface area contributed by atoms with Gasteiger partial charge in [-0.15, -0.1) is 12.4 Å². The van der Waals surface area contributed by atoms with Gasteiger partial charge in [-0.25, -0.2) is 0 Å². The van der Waals surface area contributed by atoms with Crippen molar-refractivity contribution in [2.45, 2.75) is 25.9 Å².